The van der Waals surface area contributed by atoms with Gasteiger partial charge in [-0.3, -0.25) is 9.59 Å². The summed E-state index contributed by atoms with van der Waals surface area (Å²) in [6, 6.07) is 5.52. The highest BCUT2D eigenvalue weighted by atomic mass is 32.2. The third kappa shape index (κ3) is 5.00. The molecule has 2 rings (SSSR count). The van der Waals surface area contributed by atoms with Gasteiger partial charge in [0, 0.05) is 25.3 Å². The summed E-state index contributed by atoms with van der Waals surface area (Å²) >= 11 is 0. The van der Waals surface area contributed by atoms with E-state index < -0.39 is 27.4 Å². The summed E-state index contributed by atoms with van der Waals surface area (Å²) in [5.74, 6) is -1.43. The van der Waals surface area contributed by atoms with Crippen LogP contribution in [0.25, 0.3) is 0 Å². The molecule has 1 aromatic carbocycles. The number of rotatable bonds is 7. The lowest BCUT2D eigenvalue weighted by molar-refractivity contribution is -0.139. The molecule has 1 amide bonds. The number of carbonyl (C=O) groups excluding carboxylic acids is 1. The Balaban J connectivity index is 2.15. The Morgan fingerprint density at radius 3 is 2.32 bits per heavy atom. The number of amides is 1. The van der Waals surface area contributed by atoms with Crippen molar-refractivity contribution in [3.63, 3.8) is 0 Å². The second kappa shape index (κ2) is 7.94. The van der Waals surface area contributed by atoms with Gasteiger partial charge in [-0.05, 0) is 37.1 Å². The summed E-state index contributed by atoms with van der Waals surface area (Å²) in [6.45, 7) is 2.71. The highest BCUT2D eigenvalue weighted by Crippen LogP contribution is 2.25. The molecule has 8 nitrogen and oxygen atoms in total. The number of nitrogens with one attached hydrogen (secondary N) is 2. The lowest BCUT2D eigenvalue weighted by Crippen LogP contribution is -2.53. The Bertz CT molecular complexity index is 723. The molecule has 0 aromatic heterocycles. The van der Waals surface area contributed by atoms with Crippen LogP contribution in [0.4, 0.5) is 0 Å². The Morgan fingerprint density at radius 1 is 1.20 bits per heavy atom. The molecule has 0 unspecified atom stereocenters. The first-order chi connectivity index (χ1) is 11.8. The zero-order valence-electron chi connectivity index (χ0n) is 13.9. The van der Waals surface area contributed by atoms with Crippen molar-refractivity contribution in [3.8, 4) is 0 Å². The summed E-state index contributed by atoms with van der Waals surface area (Å²) < 4.78 is 31.4. The van der Waals surface area contributed by atoms with Crippen LogP contribution in [0.15, 0.2) is 29.2 Å². The van der Waals surface area contributed by atoms with E-state index in [-0.39, 0.29) is 23.4 Å². The fourth-order valence-corrected chi connectivity index (χ4v) is 3.81. The molecule has 0 saturated carbocycles. The number of aliphatic carboxylic acids is 1. The van der Waals surface area contributed by atoms with Crippen molar-refractivity contribution >= 4 is 21.9 Å². The van der Waals surface area contributed by atoms with Crippen molar-refractivity contribution in [3.05, 3.63) is 29.8 Å². The number of carboxylic acids is 1. The third-order valence-electron chi connectivity index (χ3n) is 4.08. The Hall–Kier alpha value is -1.97. The smallest absolute Gasteiger partial charge is 0.305 e. The van der Waals surface area contributed by atoms with E-state index in [0.717, 1.165) is 0 Å². The first-order valence-corrected chi connectivity index (χ1v) is 9.48. The van der Waals surface area contributed by atoms with E-state index in [9.17, 15) is 18.0 Å². The zero-order valence-corrected chi connectivity index (χ0v) is 14.8. The summed E-state index contributed by atoms with van der Waals surface area (Å²) in [7, 11) is -3.58. The first kappa shape index (κ1) is 19.4. The molecule has 9 heteroatoms. The summed E-state index contributed by atoms with van der Waals surface area (Å²) in [5, 5.41) is 11.9. The molecule has 1 aromatic rings. The lowest BCUT2D eigenvalue weighted by atomic mass is 9.86. The van der Waals surface area contributed by atoms with Gasteiger partial charge in [0.15, 0.2) is 0 Å². The minimum atomic E-state index is -3.58. The Morgan fingerprint density at radius 2 is 1.80 bits per heavy atom. The second-order valence-corrected chi connectivity index (χ2v) is 7.71. The van der Waals surface area contributed by atoms with Crippen molar-refractivity contribution in [2.24, 2.45) is 0 Å². The first-order valence-electron chi connectivity index (χ1n) is 8.00. The van der Waals surface area contributed by atoms with Crippen LogP contribution in [0.3, 0.4) is 0 Å². The van der Waals surface area contributed by atoms with Gasteiger partial charge in [-0.2, -0.15) is 0 Å². The number of hydrogen-bond donors (Lipinski definition) is 3. The molecule has 1 heterocycles. The van der Waals surface area contributed by atoms with Crippen LogP contribution in [-0.4, -0.2) is 50.7 Å². The average Bonchev–Trinajstić information content (AvgIpc) is 2.55. The number of ether oxygens (including phenoxy) is 1. The highest BCUT2D eigenvalue weighted by Gasteiger charge is 2.36. The van der Waals surface area contributed by atoms with E-state index in [1.54, 1.807) is 6.92 Å². The molecule has 1 fully saturated rings. The molecule has 1 aliphatic rings. The maximum Gasteiger partial charge on any atom is 0.305 e. The normalized spacial score (nSPS) is 17.0. The maximum absolute atomic E-state index is 12.5. The maximum atomic E-state index is 12.5. The largest absolute Gasteiger partial charge is 0.481 e. The van der Waals surface area contributed by atoms with Gasteiger partial charge >= 0.3 is 5.97 Å². The van der Waals surface area contributed by atoms with Gasteiger partial charge in [-0.1, -0.05) is 6.92 Å². The van der Waals surface area contributed by atoms with Crippen molar-refractivity contribution in [1.82, 2.24) is 10.0 Å². The summed E-state index contributed by atoms with van der Waals surface area (Å²) in [6.07, 6.45) is 0.644. The highest BCUT2D eigenvalue weighted by molar-refractivity contribution is 7.89. The Labute approximate surface area is 146 Å². The van der Waals surface area contributed by atoms with Crippen LogP contribution < -0.4 is 10.0 Å². The number of benzene rings is 1. The lowest BCUT2D eigenvalue weighted by Gasteiger charge is -2.36. The predicted molar refractivity (Wildman–Crippen MR) is 89.8 cm³/mol. The summed E-state index contributed by atoms with van der Waals surface area (Å²) in [5.41, 5.74) is -0.581. The third-order valence-corrected chi connectivity index (χ3v) is 5.64. The zero-order chi connectivity index (χ0) is 18.5. The molecule has 0 bridgehead atoms. The fraction of sp³-hybridized carbons (Fsp3) is 0.500. The monoisotopic (exact) mass is 370 g/mol. The van der Waals surface area contributed by atoms with Gasteiger partial charge in [0.2, 0.25) is 10.0 Å². The van der Waals surface area contributed by atoms with Crippen LogP contribution in [0.2, 0.25) is 0 Å². The van der Waals surface area contributed by atoms with E-state index in [1.165, 1.54) is 24.3 Å². The van der Waals surface area contributed by atoms with Crippen molar-refractivity contribution in [1.29, 1.82) is 0 Å². The molecule has 0 aliphatic carbocycles. The van der Waals surface area contributed by atoms with Gasteiger partial charge < -0.3 is 15.2 Å². The van der Waals surface area contributed by atoms with Crippen molar-refractivity contribution < 1.29 is 27.9 Å². The van der Waals surface area contributed by atoms with E-state index in [0.29, 0.717) is 26.1 Å². The SMILES string of the molecule is CCNS(=O)(=O)c1ccc(C(=O)NC2(CC(=O)O)CCOCC2)cc1. The van der Waals surface area contributed by atoms with E-state index >= 15 is 0 Å². The molecular formula is C16H22N2O6S. The van der Waals surface area contributed by atoms with Crippen molar-refractivity contribution in [2.75, 3.05) is 19.8 Å². The minimum Gasteiger partial charge on any atom is -0.481 e. The predicted octanol–water partition coefficient (Wildman–Crippen LogP) is 0.738. The van der Waals surface area contributed by atoms with Crippen LogP contribution in [0, 0.1) is 0 Å². The van der Waals surface area contributed by atoms with Gasteiger partial charge in [0.25, 0.3) is 5.91 Å². The van der Waals surface area contributed by atoms with Crippen LogP contribution in [0.5, 0.6) is 0 Å². The topological polar surface area (TPSA) is 122 Å². The van der Waals surface area contributed by atoms with Gasteiger partial charge in [0.05, 0.1) is 16.9 Å². The Kier molecular flexibility index (Phi) is 6.15. The molecule has 138 valence electrons. The molecule has 3 N–H and O–H groups in total. The van der Waals surface area contributed by atoms with Crippen LogP contribution in [0.1, 0.15) is 36.5 Å². The fourth-order valence-electron chi connectivity index (χ4n) is 2.77. The van der Waals surface area contributed by atoms with Gasteiger partial charge in [-0.25, -0.2) is 13.1 Å². The van der Waals surface area contributed by atoms with Crippen LogP contribution in [-0.2, 0) is 19.6 Å². The average molecular weight is 370 g/mol. The molecule has 0 radical (unpaired) electrons. The van der Waals surface area contributed by atoms with Crippen molar-refractivity contribution in [2.45, 2.75) is 36.6 Å². The molecule has 25 heavy (non-hydrogen) atoms. The molecule has 0 atom stereocenters. The molecule has 0 spiro atoms. The second-order valence-electron chi connectivity index (χ2n) is 5.94. The molecule has 1 aliphatic heterocycles. The van der Waals surface area contributed by atoms with E-state index in [2.05, 4.69) is 10.0 Å². The number of sulfonamides is 1. The number of hydrogen-bond acceptors (Lipinski definition) is 5. The van der Waals surface area contributed by atoms with E-state index in [1.807, 2.05) is 0 Å². The molecule has 1 saturated heterocycles. The van der Waals surface area contributed by atoms with E-state index in [4.69, 9.17) is 9.84 Å². The minimum absolute atomic E-state index is 0.0669. The standard InChI is InChI=1S/C16H22N2O6S/c1-2-17-25(22,23)13-5-3-12(4-6-13)15(21)18-16(11-14(19)20)7-9-24-10-8-16/h3-6,17H,2,7-11H2,1H3,(H,18,21)(H,19,20). The van der Waals surface area contributed by atoms with Gasteiger partial charge in [-0.15, -0.1) is 0 Å². The summed E-state index contributed by atoms with van der Waals surface area (Å²) in [4.78, 5) is 23.7. The molecular weight excluding hydrogens is 348 g/mol. The van der Waals surface area contributed by atoms with Gasteiger partial charge in [0.1, 0.15) is 0 Å². The van der Waals surface area contributed by atoms with Crippen LogP contribution >= 0.6 is 0 Å². The number of carbonyl (C=O) groups is 2. The number of carboxylic acid groups (broad SMARTS) is 1. The quantitative estimate of drug-likeness (QED) is 0.651.